The Hall–Kier alpha value is 0.490. The normalized spacial score (nSPS) is 11.4. The number of rotatable bonds is 7. The van der Waals surface area contributed by atoms with Crippen molar-refractivity contribution in [2.75, 3.05) is 0 Å². The van der Waals surface area contributed by atoms with Gasteiger partial charge in [-0.05, 0) is 21.5 Å². The van der Waals surface area contributed by atoms with Gasteiger partial charge in [0.15, 0.2) is 0 Å². The summed E-state index contributed by atoms with van der Waals surface area (Å²) in [6.45, 7) is 0. The molecule has 0 saturated heterocycles. The largest absolute Gasteiger partial charge is 0.119 e. The fourth-order valence-electron chi connectivity index (χ4n) is 1.54. The van der Waals surface area contributed by atoms with Gasteiger partial charge in [0.25, 0.3) is 0 Å². The van der Waals surface area contributed by atoms with E-state index in [9.17, 15) is 0 Å². The summed E-state index contributed by atoms with van der Waals surface area (Å²) >= 11 is 14.0. The zero-order chi connectivity index (χ0) is 14.3. The third-order valence-corrected chi connectivity index (χ3v) is 20.5. The first-order valence-electron chi connectivity index (χ1n) is 6.02. The third-order valence-electron chi connectivity index (χ3n) is 2.56. The highest BCUT2D eigenvalue weighted by molar-refractivity contribution is 9.32. The monoisotopic (exact) mass is 374 g/mol. The zero-order valence-electron chi connectivity index (χ0n) is 10.7. The smallest absolute Gasteiger partial charge is 0.104 e. The zero-order valence-corrected chi connectivity index (χ0v) is 15.8. The second-order valence-electron chi connectivity index (χ2n) is 4.05. The molecule has 0 N–H and O–H groups in total. The first-order valence-corrected chi connectivity index (χ1v) is 14.5. The molecule has 6 heteroatoms. The summed E-state index contributed by atoms with van der Waals surface area (Å²) in [5.41, 5.74) is 2.66. The molecule has 0 amide bonds. The van der Waals surface area contributed by atoms with Gasteiger partial charge in [0, 0.05) is 11.5 Å². The Bertz CT molecular complexity index is 511. The molecule has 0 atom stereocenters. The maximum absolute atomic E-state index is 5.82. The van der Waals surface area contributed by atoms with Crippen molar-refractivity contribution >= 4 is 60.3 Å². The molecular formula is C14H15PS5. The molecule has 2 aromatic carbocycles. The maximum atomic E-state index is 5.82. The fourth-order valence-corrected chi connectivity index (χ4v) is 12.0. The SMILES string of the molecule is S=P(SS)(SCc1ccccc1)SCc1ccccc1. The number of hydrogen-bond donors (Lipinski definition) is 1. The van der Waals surface area contributed by atoms with Gasteiger partial charge >= 0.3 is 0 Å². The molecule has 0 nitrogen and oxygen atoms in total. The van der Waals surface area contributed by atoms with Crippen LogP contribution in [0.25, 0.3) is 0 Å². The summed E-state index contributed by atoms with van der Waals surface area (Å²) in [5, 5.41) is 0. The topological polar surface area (TPSA) is 0 Å². The van der Waals surface area contributed by atoms with Crippen LogP contribution in [0.15, 0.2) is 60.7 Å². The third kappa shape index (κ3) is 5.70. The van der Waals surface area contributed by atoms with Crippen LogP contribution in [0.5, 0.6) is 0 Å². The second-order valence-corrected chi connectivity index (χ2v) is 20.4. The molecule has 106 valence electrons. The van der Waals surface area contributed by atoms with Gasteiger partial charge in [-0.25, -0.2) is 0 Å². The predicted octanol–water partition coefficient (Wildman–Crippen LogP) is 6.66. The maximum Gasteiger partial charge on any atom is 0.119 e. The lowest BCUT2D eigenvalue weighted by Gasteiger charge is -2.17. The van der Waals surface area contributed by atoms with E-state index >= 15 is 0 Å². The predicted molar refractivity (Wildman–Crippen MR) is 106 cm³/mol. The molecule has 0 aromatic heterocycles. The van der Waals surface area contributed by atoms with E-state index in [2.05, 4.69) is 60.2 Å². The molecule has 0 unspecified atom stereocenters. The second kappa shape index (κ2) is 8.82. The minimum atomic E-state index is -1.58. The average molecular weight is 375 g/mol. The Balaban J connectivity index is 1.90. The fraction of sp³-hybridized carbons (Fsp3) is 0.143. The molecule has 2 rings (SSSR count). The van der Waals surface area contributed by atoms with E-state index in [0.29, 0.717) is 0 Å². The quantitative estimate of drug-likeness (QED) is 0.327. The minimum absolute atomic E-state index is 0.966. The molecule has 0 aliphatic heterocycles. The van der Waals surface area contributed by atoms with Gasteiger partial charge < -0.3 is 0 Å². The van der Waals surface area contributed by atoms with Crippen LogP contribution in [0.1, 0.15) is 11.1 Å². The van der Waals surface area contributed by atoms with Crippen LogP contribution in [0, 0.1) is 0 Å². The molecule has 20 heavy (non-hydrogen) atoms. The summed E-state index contributed by atoms with van der Waals surface area (Å²) < 4.78 is -1.58. The standard InChI is InChI=1S/C14H15PS5/c16-15(20-17,18-11-13-7-3-1-4-8-13)19-12-14-9-5-2-6-10-14/h1-10,17H,11-12H2. The molecule has 0 radical (unpaired) electrons. The molecule has 0 fully saturated rings. The van der Waals surface area contributed by atoms with Crippen LogP contribution in [0.2, 0.25) is 0 Å². The van der Waals surface area contributed by atoms with E-state index in [4.69, 9.17) is 11.8 Å². The molecule has 0 heterocycles. The Morgan fingerprint density at radius 3 is 1.55 bits per heavy atom. The van der Waals surface area contributed by atoms with Crippen LogP contribution in [-0.4, -0.2) is 0 Å². The highest BCUT2D eigenvalue weighted by atomic mass is 33.7. The lowest BCUT2D eigenvalue weighted by Crippen LogP contribution is -1.79. The van der Waals surface area contributed by atoms with E-state index in [1.54, 1.807) is 10.4 Å². The van der Waals surface area contributed by atoms with Crippen molar-refractivity contribution in [1.82, 2.24) is 0 Å². The summed E-state index contributed by atoms with van der Waals surface area (Å²) in [7, 11) is 1.56. The van der Waals surface area contributed by atoms with E-state index in [1.165, 1.54) is 11.1 Å². The number of hydrogen-bond acceptors (Lipinski definition) is 5. The van der Waals surface area contributed by atoms with Crippen molar-refractivity contribution in [1.29, 1.82) is 0 Å². The van der Waals surface area contributed by atoms with Gasteiger partial charge in [-0.15, -0.1) is 11.7 Å². The highest BCUT2D eigenvalue weighted by Gasteiger charge is 2.18. The first-order chi connectivity index (χ1) is 9.72. The minimum Gasteiger partial charge on any atom is -0.104 e. The molecule has 0 bridgehead atoms. The van der Waals surface area contributed by atoms with Crippen LogP contribution in [0.4, 0.5) is 0 Å². The Morgan fingerprint density at radius 1 is 0.800 bits per heavy atom. The van der Waals surface area contributed by atoms with Gasteiger partial charge in [-0.1, -0.05) is 95.2 Å². The molecule has 0 aliphatic carbocycles. The number of benzene rings is 2. The van der Waals surface area contributed by atoms with E-state index in [0.717, 1.165) is 11.5 Å². The van der Waals surface area contributed by atoms with Gasteiger partial charge in [-0.2, -0.15) is 0 Å². The van der Waals surface area contributed by atoms with Crippen LogP contribution >= 0.6 is 48.5 Å². The van der Waals surface area contributed by atoms with Crippen LogP contribution in [0.3, 0.4) is 0 Å². The molecule has 0 spiro atoms. The van der Waals surface area contributed by atoms with Gasteiger partial charge in [0.2, 0.25) is 0 Å². The molecule has 0 saturated carbocycles. The van der Waals surface area contributed by atoms with Crippen molar-refractivity contribution in [3.8, 4) is 0 Å². The highest BCUT2D eigenvalue weighted by Crippen LogP contribution is 2.80. The Labute approximate surface area is 143 Å². The molecule has 0 aliphatic rings. The van der Waals surface area contributed by atoms with Crippen molar-refractivity contribution in [2.24, 2.45) is 0 Å². The molecular weight excluding hydrogens is 359 g/mol. The van der Waals surface area contributed by atoms with E-state index < -0.39 is 3.64 Å². The van der Waals surface area contributed by atoms with Crippen LogP contribution in [-0.2, 0) is 23.3 Å². The van der Waals surface area contributed by atoms with Gasteiger partial charge in [-0.3, -0.25) is 0 Å². The lowest BCUT2D eigenvalue weighted by molar-refractivity contribution is 1.43. The van der Waals surface area contributed by atoms with Gasteiger partial charge in [0.1, 0.15) is 3.64 Å². The van der Waals surface area contributed by atoms with Crippen molar-refractivity contribution in [3.63, 3.8) is 0 Å². The van der Waals surface area contributed by atoms with Crippen molar-refractivity contribution in [2.45, 2.75) is 11.5 Å². The lowest BCUT2D eigenvalue weighted by atomic mass is 10.2. The molecule has 2 aromatic rings. The number of thiol groups is 1. The summed E-state index contributed by atoms with van der Waals surface area (Å²) in [5.74, 6) is 1.93. The van der Waals surface area contributed by atoms with Crippen molar-refractivity contribution in [3.05, 3.63) is 71.8 Å². The average Bonchev–Trinajstić information content (AvgIpc) is 2.53. The summed E-state index contributed by atoms with van der Waals surface area (Å²) in [6.07, 6.45) is 0. The Morgan fingerprint density at radius 2 is 1.20 bits per heavy atom. The van der Waals surface area contributed by atoms with Crippen molar-refractivity contribution < 1.29 is 0 Å². The van der Waals surface area contributed by atoms with Crippen LogP contribution < -0.4 is 0 Å². The van der Waals surface area contributed by atoms with Gasteiger partial charge in [0.05, 0.1) is 0 Å². The van der Waals surface area contributed by atoms with E-state index in [1.807, 2.05) is 34.9 Å². The summed E-state index contributed by atoms with van der Waals surface area (Å²) in [4.78, 5) is 0. The first kappa shape index (κ1) is 16.9. The Kier molecular flexibility index (Phi) is 7.43. The van der Waals surface area contributed by atoms with E-state index in [-0.39, 0.29) is 0 Å². The summed E-state index contributed by atoms with van der Waals surface area (Å²) in [6, 6.07) is 21.0.